The molecule has 4 nitrogen and oxygen atoms in total. The minimum atomic E-state index is -0.123. The molecule has 14 heavy (non-hydrogen) atoms. The molecule has 3 N–H and O–H groups in total. The van der Waals surface area contributed by atoms with Crippen molar-refractivity contribution in [3.8, 4) is 0 Å². The summed E-state index contributed by atoms with van der Waals surface area (Å²) in [5, 5.41) is 3.32. The number of esters is 1. The molecule has 0 amide bonds. The summed E-state index contributed by atoms with van der Waals surface area (Å²) in [5.74, 6) is -0.123. The molecular weight excluding hydrogens is 180 g/mol. The van der Waals surface area contributed by atoms with E-state index >= 15 is 0 Å². The first-order chi connectivity index (χ1) is 6.72. The van der Waals surface area contributed by atoms with Gasteiger partial charge in [0, 0.05) is 18.6 Å². The third-order valence-electron chi connectivity index (χ3n) is 2.54. The highest BCUT2D eigenvalue weighted by molar-refractivity contribution is 5.69. The molecule has 0 aliphatic heterocycles. The second-order valence-corrected chi connectivity index (χ2v) is 3.78. The predicted molar refractivity (Wildman–Crippen MR) is 54.9 cm³/mol. The van der Waals surface area contributed by atoms with Crippen molar-refractivity contribution < 1.29 is 9.53 Å². The molecule has 2 atom stereocenters. The molecule has 0 aromatic carbocycles. The lowest BCUT2D eigenvalue weighted by Gasteiger charge is -2.11. The van der Waals surface area contributed by atoms with E-state index in [1.165, 1.54) is 0 Å². The SMILES string of the molecule is CCOC(=O)CCNC1CCC(N)C1. The van der Waals surface area contributed by atoms with Gasteiger partial charge in [0.2, 0.25) is 0 Å². The minimum Gasteiger partial charge on any atom is -0.466 e. The molecule has 1 aliphatic carbocycles. The first-order valence-electron chi connectivity index (χ1n) is 5.37. The van der Waals surface area contributed by atoms with Crippen LogP contribution in [0, 0.1) is 0 Å². The van der Waals surface area contributed by atoms with Crippen molar-refractivity contribution >= 4 is 5.97 Å². The summed E-state index contributed by atoms with van der Waals surface area (Å²) in [7, 11) is 0. The van der Waals surface area contributed by atoms with Crippen LogP contribution in [0.25, 0.3) is 0 Å². The molecule has 0 saturated heterocycles. The Morgan fingerprint density at radius 2 is 2.36 bits per heavy atom. The molecule has 1 rings (SSSR count). The van der Waals surface area contributed by atoms with Gasteiger partial charge in [0.1, 0.15) is 0 Å². The van der Waals surface area contributed by atoms with E-state index in [1.807, 2.05) is 6.92 Å². The number of carbonyl (C=O) groups is 1. The van der Waals surface area contributed by atoms with Gasteiger partial charge in [-0.15, -0.1) is 0 Å². The summed E-state index contributed by atoms with van der Waals surface area (Å²) < 4.78 is 4.82. The maximum Gasteiger partial charge on any atom is 0.307 e. The van der Waals surface area contributed by atoms with Crippen molar-refractivity contribution in [1.29, 1.82) is 0 Å². The van der Waals surface area contributed by atoms with E-state index in [0.717, 1.165) is 19.3 Å². The van der Waals surface area contributed by atoms with Crippen LogP contribution in [0.1, 0.15) is 32.6 Å². The fraction of sp³-hybridized carbons (Fsp3) is 0.900. The number of nitrogens with two attached hydrogens (primary N) is 1. The Balaban J connectivity index is 2.01. The average Bonchev–Trinajstić information content (AvgIpc) is 2.52. The quantitative estimate of drug-likeness (QED) is 0.631. The zero-order valence-corrected chi connectivity index (χ0v) is 8.79. The van der Waals surface area contributed by atoms with E-state index in [0.29, 0.717) is 31.7 Å². The van der Waals surface area contributed by atoms with Crippen LogP contribution in [0.2, 0.25) is 0 Å². The molecular formula is C10H20N2O2. The maximum atomic E-state index is 11.0. The highest BCUT2D eigenvalue weighted by Crippen LogP contribution is 2.16. The molecule has 82 valence electrons. The molecule has 0 aromatic heterocycles. The van der Waals surface area contributed by atoms with E-state index in [9.17, 15) is 4.79 Å². The van der Waals surface area contributed by atoms with Crippen molar-refractivity contribution in [1.82, 2.24) is 5.32 Å². The number of ether oxygens (including phenoxy) is 1. The van der Waals surface area contributed by atoms with E-state index in [2.05, 4.69) is 5.32 Å². The predicted octanol–water partition coefficient (Wildman–Crippen LogP) is 0.409. The van der Waals surface area contributed by atoms with Crippen LogP contribution in [-0.4, -0.2) is 31.2 Å². The van der Waals surface area contributed by atoms with Gasteiger partial charge in [0.25, 0.3) is 0 Å². The van der Waals surface area contributed by atoms with Gasteiger partial charge in [0.15, 0.2) is 0 Å². The fourth-order valence-corrected chi connectivity index (χ4v) is 1.81. The second kappa shape index (κ2) is 5.98. The summed E-state index contributed by atoms with van der Waals surface area (Å²) in [6.07, 6.45) is 3.71. The molecule has 0 radical (unpaired) electrons. The Kier molecular flexibility index (Phi) is 4.90. The van der Waals surface area contributed by atoms with Crippen LogP contribution in [-0.2, 0) is 9.53 Å². The summed E-state index contributed by atoms with van der Waals surface area (Å²) in [4.78, 5) is 11.0. The number of rotatable bonds is 5. The highest BCUT2D eigenvalue weighted by atomic mass is 16.5. The molecule has 0 aromatic rings. The monoisotopic (exact) mass is 200 g/mol. The van der Waals surface area contributed by atoms with E-state index in [-0.39, 0.29) is 5.97 Å². The van der Waals surface area contributed by atoms with Gasteiger partial charge in [0.05, 0.1) is 13.0 Å². The number of hydrogen-bond donors (Lipinski definition) is 2. The van der Waals surface area contributed by atoms with Crippen molar-refractivity contribution in [3.05, 3.63) is 0 Å². The zero-order valence-electron chi connectivity index (χ0n) is 8.79. The third kappa shape index (κ3) is 4.07. The van der Waals surface area contributed by atoms with E-state index in [1.54, 1.807) is 0 Å². The van der Waals surface area contributed by atoms with Crippen molar-refractivity contribution in [2.45, 2.75) is 44.7 Å². The van der Waals surface area contributed by atoms with Gasteiger partial charge < -0.3 is 15.8 Å². The Bertz CT molecular complexity index is 185. The van der Waals surface area contributed by atoms with E-state index < -0.39 is 0 Å². The Morgan fingerprint density at radius 1 is 1.57 bits per heavy atom. The molecule has 0 bridgehead atoms. The van der Waals surface area contributed by atoms with Crippen LogP contribution < -0.4 is 11.1 Å². The third-order valence-corrected chi connectivity index (χ3v) is 2.54. The molecule has 2 unspecified atom stereocenters. The number of hydrogen-bond acceptors (Lipinski definition) is 4. The van der Waals surface area contributed by atoms with Crippen LogP contribution in [0.15, 0.2) is 0 Å². The van der Waals surface area contributed by atoms with Crippen molar-refractivity contribution in [2.75, 3.05) is 13.2 Å². The summed E-state index contributed by atoms with van der Waals surface area (Å²) >= 11 is 0. The lowest BCUT2D eigenvalue weighted by Crippen LogP contribution is -2.30. The first kappa shape index (κ1) is 11.5. The Hall–Kier alpha value is -0.610. The second-order valence-electron chi connectivity index (χ2n) is 3.78. The normalized spacial score (nSPS) is 26.4. The van der Waals surface area contributed by atoms with Crippen LogP contribution >= 0.6 is 0 Å². The highest BCUT2D eigenvalue weighted by Gasteiger charge is 2.20. The molecule has 0 heterocycles. The lowest BCUT2D eigenvalue weighted by molar-refractivity contribution is -0.142. The van der Waals surface area contributed by atoms with Gasteiger partial charge in [-0.05, 0) is 26.2 Å². The van der Waals surface area contributed by atoms with Gasteiger partial charge >= 0.3 is 5.97 Å². The van der Waals surface area contributed by atoms with Crippen molar-refractivity contribution in [3.63, 3.8) is 0 Å². The first-order valence-corrected chi connectivity index (χ1v) is 5.37. The van der Waals surface area contributed by atoms with Crippen molar-refractivity contribution in [2.24, 2.45) is 5.73 Å². The topological polar surface area (TPSA) is 64.3 Å². The zero-order chi connectivity index (χ0) is 10.4. The number of carbonyl (C=O) groups excluding carboxylic acids is 1. The summed E-state index contributed by atoms with van der Waals surface area (Å²) in [6.45, 7) is 2.99. The van der Waals surface area contributed by atoms with Crippen LogP contribution in [0.4, 0.5) is 0 Å². The fourth-order valence-electron chi connectivity index (χ4n) is 1.81. The Morgan fingerprint density at radius 3 is 2.93 bits per heavy atom. The van der Waals surface area contributed by atoms with Gasteiger partial charge in [-0.1, -0.05) is 0 Å². The molecule has 4 heteroatoms. The summed E-state index contributed by atoms with van der Waals surface area (Å²) in [6, 6.07) is 0.842. The van der Waals surface area contributed by atoms with Gasteiger partial charge in [-0.3, -0.25) is 4.79 Å². The molecule has 1 saturated carbocycles. The maximum absolute atomic E-state index is 11.0. The average molecular weight is 200 g/mol. The lowest BCUT2D eigenvalue weighted by atomic mass is 10.2. The molecule has 0 spiro atoms. The molecule has 1 aliphatic rings. The number of nitrogens with one attached hydrogen (secondary N) is 1. The largest absolute Gasteiger partial charge is 0.466 e. The van der Waals surface area contributed by atoms with Crippen LogP contribution in [0.5, 0.6) is 0 Å². The van der Waals surface area contributed by atoms with Gasteiger partial charge in [-0.25, -0.2) is 0 Å². The smallest absolute Gasteiger partial charge is 0.307 e. The minimum absolute atomic E-state index is 0.123. The Labute approximate surface area is 85.2 Å². The van der Waals surface area contributed by atoms with E-state index in [4.69, 9.17) is 10.5 Å². The van der Waals surface area contributed by atoms with Gasteiger partial charge in [-0.2, -0.15) is 0 Å². The van der Waals surface area contributed by atoms with Crippen LogP contribution in [0.3, 0.4) is 0 Å². The summed E-state index contributed by atoms with van der Waals surface area (Å²) in [5.41, 5.74) is 5.77. The molecule has 1 fully saturated rings. The standard InChI is InChI=1S/C10H20N2O2/c1-2-14-10(13)5-6-12-9-4-3-8(11)7-9/h8-9,12H,2-7,11H2,1H3.